The van der Waals surface area contributed by atoms with Crippen molar-refractivity contribution in [1.29, 1.82) is 0 Å². The third kappa shape index (κ3) is 3.93. The topological polar surface area (TPSA) is 79.1 Å². The molecule has 0 aliphatic heterocycles. The lowest BCUT2D eigenvalue weighted by Gasteiger charge is -2.20. The first-order valence-electron chi connectivity index (χ1n) is 4.53. The molecule has 5 nitrogen and oxygen atoms in total. The van der Waals surface area contributed by atoms with Crippen molar-refractivity contribution in [3.63, 3.8) is 0 Å². The highest BCUT2D eigenvalue weighted by Crippen LogP contribution is 1.98. The summed E-state index contributed by atoms with van der Waals surface area (Å²) in [7, 11) is 0. The summed E-state index contributed by atoms with van der Waals surface area (Å²) < 4.78 is 0. The van der Waals surface area contributed by atoms with Crippen molar-refractivity contribution in [2.45, 2.75) is 32.9 Å². The number of nitrogens with two attached hydrogens (primary N) is 1. The Bertz CT molecular complexity index is 294. The van der Waals surface area contributed by atoms with Crippen molar-refractivity contribution >= 4 is 5.96 Å². The third-order valence-electron chi connectivity index (χ3n) is 1.48. The number of H-pyrrole nitrogens is 1. The van der Waals surface area contributed by atoms with Crippen molar-refractivity contribution < 1.29 is 0 Å². The van der Waals surface area contributed by atoms with Gasteiger partial charge in [0.2, 0.25) is 0 Å². The molecule has 0 radical (unpaired) electrons. The van der Waals surface area contributed by atoms with E-state index in [1.807, 2.05) is 20.8 Å². The van der Waals surface area contributed by atoms with Gasteiger partial charge in [-0.2, -0.15) is 0 Å². The number of rotatable bonds is 2. The average molecular weight is 195 g/mol. The number of aromatic nitrogens is 2. The molecule has 4 N–H and O–H groups in total. The van der Waals surface area contributed by atoms with Gasteiger partial charge in [-0.05, 0) is 20.8 Å². The maximum Gasteiger partial charge on any atom is 0.189 e. The number of nitrogens with zero attached hydrogens (tertiary/aromatic N) is 2. The Labute approximate surface area is 83.8 Å². The maximum atomic E-state index is 5.68. The Morgan fingerprint density at radius 2 is 2.36 bits per heavy atom. The van der Waals surface area contributed by atoms with E-state index in [1.54, 1.807) is 12.5 Å². The van der Waals surface area contributed by atoms with Gasteiger partial charge in [0.15, 0.2) is 5.96 Å². The summed E-state index contributed by atoms with van der Waals surface area (Å²) in [4.78, 5) is 11.0. The van der Waals surface area contributed by atoms with Gasteiger partial charge in [0.1, 0.15) is 0 Å². The Morgan fingerprint density at radius 3 is 2.86 bits per heavy atom. The summed E-state index contributed by atoms with van der Waals surface area (Å²) in [5.74, 6) is 0.451. The van der Waals surface area contributed by atoms with Crippen LogP contribution in [0, 0.1) is 0 Å². The van der Waals surface area contributed by atoms with Crippen molar-refractivity contribution in [3.8, 4) is 0 Å². The van der Waals surface area contributed by atoms with Gasteiger partial charge >= 0.3 is 0 Å². The highest BCUT2D eigenvalue weighted by molar-refractivity contribution is 5.78. The van der Waals surface area contributed by atoms with Gasteiger partial charge in [-0.3, -0.25) is 0 Å². The average Bonchev–Trinajstić information content (AvgIpc) is 2.49. The van der Waals surface area contributed by atoms with E-state index in [9.17, 15) is 0 Å². The molecule has 0 atom stereocenters. The van der Waals surface area contributed by atoms with E-state index in [2.05, 4.69) is 20.3 Å². The number of hydrogen-bond acceptors (Lipinski definition) is 2. The minimum atomic E-state index is -0.0540. The van der Waals surface area contributed by atoms with Crippen LogP contribution in [0.4, 0.5) is 0 Å². The lowest BCUT2D eigenvalue weighted by Crippen LogP contribution is -2.44. The van der Waals surface area contributed by atoms with E-state index in [1.165, 1.54) is 0 Å². The number of imidazole rings is 1. The Kier molecular flexibility index (Phi) is 3.11. The van der Waals surface area contributed by atoms with E-state index in [-0.39, 0.29) is 5.54 Å². The number of nitrogens with one attached hydrogen (secondary N) is 2. The van der Waals surface area contributed by atoms with Crippen LogP contribution in [-0.4, -0.2) is 21.5 Å². The summed E-state index contributed by atoms with van der Waals surface area (Å²) in [5, 5.41) is 3.08. The van der Waals surface area contributed by atoms with E-state index < -0.39 is 0 Å². The van der Waals surface area contributed by atoms with E-state index in [0.29, 0.717) is 12.5 Å². The third-order valence-corrected chi connectivity index (χ3v) is 1.48. The number of aromatic amines is 1. The smallest absolute Gasteiger partial charge is 0.189 e. The lowest BCUT2D eigenvalue weighted by atomic mass is 10.1. The molecule has 1 heterocycles. The van der Waals surface area contributed by atoms with Crippen LogP contribution in [0.2, 0.25) is 0 Å². The molecule has 1 aromatic rings. The molecule has 0 aromatic carbocycles. The molecule has 1 rings (SSSR count). The largest absolute Gasteiger partial charge is 0.370 e. The van der Waals surface area contributed by atoms with Gasteiger partial charge in [0.05, 0.1) is 18.6 Å². The summed E-state index contributed by atoms with van der Waals surface area (Å²) >= 11 is 0. The molecular weight excluding hydrogens is 178 g/mol. The first-order chi connectivity index (χ1) is 6.47. The van der Waals surface area contributed by atoms with Gasteiger partial charge in [-0.25, -0.2) is 9.98 Å². The molecule has 0 amide bonds. The van der Waals surface area contributed by atoms with E-state index in [4.69, 9.17) is 5.73 Å². The second-order valence-corrected chi connectivity index (χ2v) is 4.15. The number of guanidine groups is 1. The van der Waals surface area contributed by atoms with E-state index in [0.717, 1.165) is 5.69 Å². The van der Waals surface area contributed by atoms with Crippen molar-refractivity contribution in [1.82, 2.24) is 15.3 Å². The second-order valence-electron chi connectivity index (χ2n) is 4.15. The fraction of sp³-hybridized carbons (Fsp3) is 0.556. The second kappa shape index (κ2) is 4.13. The van der Waals surface area contributed by atoms with Gasteiger partial charge in [-0.1, -0.05) is 0 Å². The highest BCUT2D eigenvalue weighted by Gasteiger charge is 2.09. The van der Waals surface area contributed by atoms with Crippen LogP contribution in [-0.2, 0) is 6.54 Å². The van der Waals surface area contributed by atoms with Gasteiger partial charge < -0.3 is 16.0 Å². The minimum absolute atomic E-state index is 0.0540. The zero-order valence-corrected chi connectivity index (χ0v) is 8.83. The molecule has 0 aliphatic carbocycles. The minimum Gasteiger partial charge on any atom is -0.370 e. The standard InChI is InChI=1S/C9H17N5/c1-9(2,3)14-8(10)12-5-7-4-11-6-13-7/h4,6H,5H2,1-3H3,(H,11,13)(H3,10,12,14). The molecule has 0 bridgehead atoms. The fourth-order valence-corrected chi connectivity index (χ4v) is 0.965. The number of hydrogen-bond donors (Lipinski definition) is 3. The zero-order valence-electron chi connectivity index (χ0n) is 8.83. The first kappa shape index (κ1) is 10.6. The van der Waals surface area contributed by atoms with Crippen LogP contribution in [0.25, 0.3) is 0 Å². The molecule has 14 heavy (non-hydrogen) atoms. The Balaban J connectivity index is 2.45. The van der Waals surface area contributed by atoms with E-state index >= 15 is 0 Å². The van der Waals surface area contributed by atoms with Crippen molar-refractivity contribution in [3.05, 3.63) is 18.2 Å². The normalized spacial score (nSPS) is 12.9. The predicted octanol–water partition coefficient (Wildman–Crippen LogP) is 0.612. The van der Waals surface area contributed by atoms with Crippen LogP contribution in [0.1, 0.15) is 26.5 Å². The Morgan fingerprint density at radius 1 is 1.64 bits per heavy atom. The maximum absolute atomic E-state index is 5.68. The Hall–Kier alpha value is -1.52. The van der Waals surface area contributed by atoms with Crippen LogP contribution >= 0.6 is 0 Å². The summed E-state index contributed by atoms with van der Waals surface area (Å²) in [6.45, 7) is 6.62. The monoisotopic (exact) mass is 195 g/mol. The molecule has 0 saturated heterocycles. The molecule has 0 unspecified atom stereocenters. The summed E-state index contributed by atoms with van der Waals surface area (Å²) in [6, 6.07) is 0. The van der Waals surface area contributed by atoms with Gasteiger partial charge in [0.25, 0.3) is 0 Å². The summed E-state index contributed by atoms with van der Waals surface area (Å²) in [6.07, 6.45) is 3.35. The SMILES string of the molecule is CC(C)(C)NC(N)=NCc1cnc[nH]1. The molecule has 0 spiro atoms. The zero-order chi connectivity index (χ0) is 10.6. The number of aliphatic imine (C=N–C) groups is 1. The molecule has 0 aliphatic rings. The molecule has 0 saturated carbocycles. The quantitative estimate of drug-likeness (QED) is 0.478. The highest BCUT2D eigenvalue weighted by atomic mass is 15.1. The molecule has 0 fully saturated rings. The van der Waals surface area contributed by atoms with Crippen LogP contribution in [0.15, 0.2) is 17.5 Å². The lowest BCUT2D eigenvalue weighted by molar-refractivity contribution is 0.508. The molecule has 1 aromatic heterocycles. The van der Waals surface area contributed by atoms with Crippen LogP contribution in [0.3, 0.4) is 0 Å². The fourth-order valence-electron chi connectivity index (χ4n) is 0.965. The summed E-state index contributed by atoms with van der Waals surface area (Å²) in [5.41, 5.74) is 6.57. The van der Waals surface area contributed by atoms with Crippen LogP contribution in [0.5, 0.6) is 0 Å². The predicted molar refractivity (Wildman–Crippen MR) is 56.8 cm³/mol. The van der Waals surface area contributed by atoms with Crippen molar-refractivity contribution in [2.75, 3.05) is 0 Å². The van der Waals surface area contributed by atoms with Crippen molar-refractivity contribution in [2.24, 2.45) is 10.7 Å². The van der Waals surface area contributed by atoms with Gasteiger partial charge in [0, 0.05) is 11.7 Å². The molecule has 78 valence electrons. The van der Waals surface area contributed by atoms with Crippen LogP contribution < -0.4 is 11.1 Å². The molecular formula is C9H17N5. The molecule has 5 heteroatoms. The van der Waals surface area contributed by atoms with Gasteiger partial charge in [-0.15, -0.1) is 0 Å². The first-order valence-corrected chi connectivity index (χ1v) is 4.53.